The highest BCUT2D eigenvalue weighted by Crippen LogP contribution is 2.19. The molecule has 0 spiro atoms. The number of non-ortho nitro benzene ring substituents is 1. The Morgan fingerprint density at radius 3 is 2.64 bits per heavy atom. The number of nitrogens with one attached hydrogen (secondary N) is 2. The van der Waals surface area contributed by atoms with Gasteiger partial charge in [0, 0.05) is 24.5 Å². The summed E-state index contributed by atoms with van der Waals surface area (Å²) in [5.74, 6) is 0. The molecule has 0 atom stereocenters. The Labute approximate surface area is 79.9 Å². The topological polar surface area (TPSA) is 70.4 Å². The molecule has 72 valence electrons. The third-order valence-electron chi connectivity index (χ3n) is 1.79. The van der Waals surface area contributed by atoms with Gasteiger partial charge in [0.25, 0.3) is 5.69 Å². The lowest BCUT2D eigenvalue weighted by molar-refractivity contribution is -0.384. The van der Waals surface area contributed by atoms with Crippen LogP contribution in [0.5, 0.6) is 0 Å². The molecular formula is C8H8N4O2. The SMILES string of the molecule is O=[N+]([O-])c1cccc(N2NC=CN2)c1. The molecule has 2 rings (SSSR count). The second-order valence-electron chi connectivity index (χ2n) is 2.70. The Morgan fingerprint density at radius 2 is 2.00 bits per heavy atom. The van der Waals surface area contributed by atoms with Gasteiger partial charge in [-0.2, -0.15) is 5.12 Å². The van der Waals surface area contributed by atoms with Crippen LogP contribution in [-0.4, -0.2) is 4.92 Å². The number of hydrogen-bond donors (Lipinski definition) is 2. The van der Waals surface area contributed by atoms with E-state index in [-0.39, 0.29) is 5.69 Å². The molecular weight excluding hydrogens is 184 g/mol. The fourth-order valence-corrected chi connectivity index (χ4v) is 1.16. The van der Waals surface area contributed by atoms with Gasteiger partial charge in [0.2, 0.25) is 0 Å². The summed E-state index contributed by atoms with van der Waals surface area (Å²) in [7, 11) is 0. The van der Waals surface area contributed by atoms with Crippen LogP contribution >= 0.6 is 0 Å². The van der Waals surface area contributed by atoms with E-state index < -0.39 is 4.92 Å². The first-order valence-electron chi connectivity index (χ1n) is 3.99. The lowest BCUT2D eigenvalue weighted by Gasteiger charge is -2.17. The molecule has 0 fully saturated rings. The van der Waals surface area contributed by atoms with Crippen LogP contribution < -0.4 is 16.0 Å². The summed E-state index contributed by atoms with van der Waals surface area (Å²) in [6, 6.07) is 6.33. The molecule has 0 saturated heterocycles. The number of hydrazine groups is 2. The fraction of sp³-hybridized carbons (Fsp3) is 0. The maximum atomic E-state index is 10.5. The molecule has 0 aliphatic carbocycles. The third kappa shape index (κ3) is 1.45. The maximum Gasteiger partial charge on any atom is 0.271 e. The van der Waals surface area contributed by atoms with Gasteiger partial charge in [-0.05, 0) is 6.07 Å². The largest absolute Gasteiger partial charge is 0.285 e. The van der Waals surface area contributed by atoms with Crippen LogP contribution in [-0.2, 0) is 0 Å². The molecule has 6 nitrogen and oxygen atoms in total. The summed E-state index contributed by atoms with van der Waals surface area (Å²) < 4.78 is 0. The van der Waals surface area contributed by atoms with E-state index in [0.29, 0.717) is 5.69 Å². The molecule has 0 bridgehead atoms. The van der Waals surface area contributed by atoms with Gasteiger partial charge in [0.1, 0.15) is 0 Å². The van der Waals surface area contributed by atoms with Crippen molar-refractivity contribution in [1.29, 1.82) is 0 Å². The first kappa shape index (κ1) is 8.36. The number of anilines is 1. The second-order valence-corrected chi connectivity index (χ2v) is 2.70. The number of rotatable bonds is 2. The minimum Gasteiger partial charge on any atom is -0.285 e. The summed E-state index contributed by atoms with van der Waals surface area (Å²) in [6.07, 6.45) is 3.39. The second kappa shape index (κ2) is 3.25. The van der Waals surface area contributed by atoms with Crippen LogP contribution in [0.1, 0.15) is 0 Å². The summed E-state index contributed by atoms with van der Waals surface area (Å²) in [5, 5.41) is 12.1. The van der Waals surface area contributed by atoms with E-state index in [1.165, 1.54) is 12.1 Å². The number of nitrogens with zero attached hydrogens (tertiary/aromatic N) is 2. The van der Waals surface area contributed by atoms with Crippen molar-refractivity contribution in [3.05, 3.63) is 46.8 Å². The van der Waals surface area contributed by atoms with Crippen molar-refractivity contribution in [2.24, 2.45) is 0 Å². The van der Waals surface area contributed by atoms with Crippen molar-refractivity contribution >= 4 is 11.4 Å². The molecule has 2 N–H and O–H groups in total. The van der Waals surface area contributed by atoms with E-state index in [1.807, 2.05) is 0 Å². The number of benzene rings is 1. The van der Waals surface area contributed by atoms with Gasteiger partial charge in [0.15, 0.2) is 0 Å². The summed E-state index contributed by atoms with van der Waals surface area (Å²) >= 11 is 0. The zero-order valence-electron chi connectivity index (χ0n) is 7.18. The van der Waals surface area contributed by atoms with E-state index >= 15 is 0 Å². The Morgan fingerprint density at radius 1 is 1.29 bits per heavy atom. The first-order valence-corrected chi connectivity index (χ1v) is 3.99. The number of nitro benzene ring substituents is 1. The van der Waals surface area contributed by atoms with Crippen LogP contribution in [0.25, 0.3) is 0 Å². The van der Waals surface area contributed by atoms with Gasteiger partial charge >= 0.3 is 0 Å². The summed E-state index contributed by atoms with van der Waals surface area (Å²) in [4.78, 5) is 10.1. The van der Waals surface area contributed by atoms with Crippen molar-refractivity contribution in [2.45, 2.75) is 0 Å². The van der Waals surface area contributed by atoms with Crippen LogP contribution in [0.15, 0.2) is 36.7 Å². The van der Waals surface area contributed by atoms with Crippen LogP contribution in [0.3, 0.4) is 0 Å². The minimum absolute atomic E-state index is 0.0676. The van der Waals surface area contributed by atoms with E-state index in [2.05, 4.69) is 10.9 Å². The predicted molar refractivity (Wildman–Crippen MR) is 51.0 cm³/mol. The van der Waals surface area contributed by atoms with Gasteiger partial charge in [0.05, 0.1) is 10.6 Å². The molecule has 14 heavy (non-hydrogen) atoms. The molecule has 1 aliphatic rings. The Hall–Kier alpha value is -2.24. The highest BCUT2D eigenvalue weighted by atomic mass is 16.6. The van der Waals surface area contributed by atoms with Crippen LogP contribution in [0.4, 0.5) is 11.4 Å². The zero-order chi connectivity index (χ0) is 9.97. The van der Waals surface area contributed by atoms with Gasteiger partial charge < -0.3 is 0 Å². The minimum atomic E-state index is -0.424. The molecule has 0 amide bonds. The predicted octanol–water partition coefficient (Wildman–Crippen LogP) is 0.895. The van der Waals surface area contributed by atoms with Gasteiger partial charge in [-0.25, -0.2) is 0 Å². The third-order valence-corrected chi connectivity index (χ3v) is 1.79. The number of hydrogen-bond acceptors (Lipinski definition) is 5. The first-order chi connectivity index (χ1) is 6.77. The van der Waals surface area contributed by atoms with Crippen molar-refractivity contribution in [3.8, 4) is 0 Å². The van der Waals surface area contributed by atoms with Crippen molar-refractivity contribution < 1.29 is 4.92 Å². The maximum absolute atomic E-state index is 10.5. The van der Waals surface area contributed by atoms with Crippen molar-refractivity contribution in [3.63, 3.8) is 0 Å². The molecule has 0 unspecified atom stereocenters. The van der Waals surface area contributed by atoms with Crippen LogP contribution in [0.2, 0.25) is 0 Å². The smallest absolute Gasteiger partial charge is 0.271 e. The Kier molecular flexibility index (Phi) is 1.94. The average Bonchev–Trinajstić information content (AvgIpc) is 2.71. The van der Waals surface area contributed by atoms with Crippen molar-refractivity contribution in [1.82, 2.24) is 10.9 Å². The Balaban J connectivity index is 2.26. The lowest BCUT2D eigenvalue weighted by atomic mass is 10.3. The van der Waals surface area contributed by atoms with E-state index in [4.69, 9.17) is 0 Å². The zero-order valence-corrected chi connectivity index (χ0v) is 7.18. The lowest BCUT2D eigenvalue weighted by Crippen LogP contribution is -2.37. The Bertz CT molecular complexity index is 383. The molecule has 1 aromatic rings. The molecule has 0 radical (unpaired) electrons. The van der Waals surface area contributed by atoms with Gasteiger partial charge in [-0.15, -0.1) is 0 Å². The fourth-order valence-electron chi connectivity index (χ4n) is 1.16. The normalized spacial score (nSPS) is 13.6. The van der Waals surface area contributed by atoms with Crippen molar-refractivity contribution in [2.75, 3.05) is 5.12 Å². The monoisotopic (exact) mass is 192 g/mol. The van der Waals surface area contributed by atoms with Gasteiger partial charge in [-0.1, -0.05) is 6.07 Å². The van der Waals surface area contributed by atoms with Gasteiger partial charge in [-0.3, -0.25) is 21.0 Å². The molecule has 6 heteroatoms. The number of nitro groups is 1. The molecule has 1 aromatic carbocycles. The van der Waals surface area contributed by atoms with E-state index in [0.717, 1.165) is 0 Å². The average molecular weight is 192 g/mol. The van der Waals surface area contributed by atoms with E-state index in [9.17, 15) is 10.1 Å². The highest BCUT2D eigenvalue weighted by Gasteiger charge is 2.11. The quantitative estimate of drug-likeness (QED) is 0.538. The van der Waals surface area contributed by atoms with Crippen LogP contribution in [0, 0.1) is 10.1 Å². The molecule has 1 heterocycles. The van der Waals surface area contributed by atoms with E-state index in [1.54, 1.807) is 29.7 Å². The molecule has 0 aromatic heterocycles. The summed E-state index contributed by atoms with van der Waals surface area (Å²) in [6.45, 7) is 0. The standard InChI is InChI=1S/C8H8N4O2/c13-12(14)8-3-1-2-7(6-8)11-9-4-5-10-11/h1-6,9-10H. The molecule has 1 aliphatic heterocycles. The highest BCUT2D eigenvalue weighted by molar-refractivity contribution is 5.52. The summed E-state index contributed by atoms with van der Waals surface area (Å²) in [5.41, 5.74) is 6.47. The molecule has 0 saturated carbocycles.